The molecule has 0 amide bonds. The molecule has 0 bridgehead atoms. The lowest BCUT2D eigenvalue weighted by atomic mass is 9.72. The Labute approximate surface area is 134 Å². The van der Waals surface area contributed by atoms with Gasteiger partial charge >= 0.3 is 0 Å². The van der Waals surface area contributed by atoms with E-state index in [1.54, 1.807) is 31.2 Å². The molecule has 0 fully saturated rings. The summed E-state index contributed by atoms with van der Waals surface area (Å²) in [6, 6.07) is 0. The first-order valence-corrected chi connectivity index (χ1v) is 7.83. The van der Waals surface area contributed by atoms with E-state index in [0.29, 0.717) is 5.57 Å². The fraction of sp³-hybridized carbons (Fsp3) is 0.450. The Morgan fingerprint density at radius 3 is 2.50 bits per heavy atom. The third kappa shape index (κ3) is 5.25. The monoisotopic (exact) mass is 302 g/mol. The van der Waals surface area contributed by atoms with E-state index in [0.717, 1.165) is 30.3 Å². The summed E-state index contributed by atoms with van der Waals surface area (Å²) in [5, 5.41) is 0. The third-order valence-electron chi connectivity index (χ3n) is 4.23. The Morgan fingerprint density at radius 1 is 1.23 bits per heavy atom. The van der Waals surface area contributed by atoms with Gasteiger partial charge in [0.1, 0.15) is 12.1 Å². The Bertz CT molecular complexity index is 569. The van der Waals surface area contributed by atoms with Gasteiger partial charge in [0.2, 0.25) is 0 Å². The number of hydrogen-bond donors (Lipinski definition) is 0. The van der Waals surface area contributed by atoms with Gasteiger partial charge in [-0.2, -0.15) is 0 Å². The van der Waals surface area contributed by atoms with Crippen LogP contribution in [0, 0.1) is 5.41 Å². The molecule has 1 aliphatic rings. The number of carbonyl (C=O) groups is 1. The van der Waals surface area contributed by atoms with E-state index in [-0.39, 0.29) is 11.2 Å². The normalized spacial score (nSPS) is 20.7. The van der Waals surface area contributed by atoms with Crippen molar-refractivity contribution in [2.45, 2.75) is 53.9 Å². The number of halogens is 1. The second-order valence-electron chi connectivity index (χ2n) is 6.68. The van der Waals surface area contributed by atoms with Gasteiger partial charge in [-0.25, -0.2) is 4.39 Å². The molecule has 0 saturated heterocycles. The molecule has 2 heteroatoms. The van der Waals surface area contributed by atoms with Crippen molar-refractivity contribution < 1.29 is 9.18 Å². The highest BCUT2D eigenvalue weighted by molar-refractivity contribution is 5.66. The van der Waals surface area contributed by atoms with Crippen molar-refractivity contribution in [3.63, 3.8) is 0 Å². The summed E-state index contributed by atoms with van der Waals surface area (Å²) >= 11 is 0. The number of aldehydes is 1. The van der Waals surface area contributed by atoms with Crippen LogP contribution in [0.25, 0.3) is 0 Å². The minimum absolute atomic E-state index is 0.0408. The van der Waals surface area contributed by atoms with Gasteiger partial charge in [0.15, 0.2) is 0 Å². The van der Waals surface area contributed by atoms with Gasteiger partial charge < -0.3 is 0 Å². The van der Waals surface area contributed by atoms with Gasteiger partial charge in [-0.05, 0) is 74.3 Å². The molecule has 0 aromatic heterocycles. The number of allylic oxidation sites excluding steroid dienone is 10. The topological polar surface area (TPSA) is 17.1 Å². The van der Waals surface area contributed by atoms with Gasteiger partial charge in [0.25, 0.3) is 0 Å². The average Bonchev–Trinajstić information content (AvgIpc) is 2.42. The van der Waals surface area contributed by atoms with Crippen LogP contribution >= 0.6 is 0 Å². The number of rotatable bonds is 5. The summed E-state index contributed by atoms with van der Waals surface area (Å²) in [6.45, 7) is 10.1. The molecule has 1 aliphatic carbocycles. The molecular formula is C20H27FO. The molecule has 0 aromatic carbocycles. The first-order valence-electron chi connectivity index (χ1n) is 7.83. The quantitative estimate of drug-likeness (QED) is 0.345. The van der Waals surface area contributed by atoms with Gasteiger partial charge in [0, 0.05) is 0 Å². The average molecular weight is 302 g/mol. The maximum absolute atomic E-state index is 14.4. The van der Waals surface area contributed by atoms with E-state index in [1.807, 2.05) is 6.92 Å². The zero-order chi connectivity index (χ0) is 16.8. The second-order valence-corrected chi connectivity index (χ2v) is 6.68. The zero-order valence-corrected chi connectivity index (χ0v) is 14.4. The van der Waals surface area contributed by atoms with Gasteiger partial charge in [-0.3, -0.25) is 4.79 Å². The summed E-state index contributed by atoms with van der Waals surface area (Å²) in [5.41, 5.74) is 3.90. The molecule has 0 unspecified atom stereocenters. The lowest BCUT2D eigenvalue weighted by Crippen LogP contribution is -2.19. The van der Waals surface area contributed by atoms with E-state index in [4.69, 9.17) is 0 Å². The molecule has 0 aromatic rings. The van der Waals surface area contributed by atoms with Crippen molar-refractivity contribution in [1.29, 1.82) is 0 Å². The molecule has 0 radical (unpaired) electrons. The molecule has 1 rings (SSSR count). The molecule has 0 atom stereocenters. The lowest BCUT2D eigenvalue weighted by Gasteiger charge is -2.33. The first-order chi connectivity index (χ1) is 10.3. The van der Waals surface area contributed by atoms with Crippen LogP contribution in [-0.4, -0.2) is 6.29 Å². The Morgan fingerprint density at radius 2 is 1.91 bits per heavy atom. The van der Waals surface area contributed by atoms with Crippen molar-refractivity contribution in [2.24, 2.45) is 5.41 Å². The van der Waals surface area contributed by atoms with Crippen molar-refractivity contribution in [2.75, 3.05) is 0 Å². The van der Waals surface area contributed by atoms with E-state index in [2.05, 4.69) is 20.8 Å². The third-order valence-corrected chi connectivity index (χ3v) is 4.23. The first kappa shape index (κ1) is 18.3. The number of carbonyl (C=O) groups excluding carboxylic acids is 1. The van der Waals surface area contributed by atoms with Crippen LogP contribution < -0.4 is 0 Å². The van der Waals surface area contributed by atoms with Crippen LogP contribution in [0.5, 0.6) is 0 Å². The van der Waals surface area contributed by atoms with Crippen LogP contribution in [0.1, 0.15) is 53.9 Å². The summed E-state index contributed by atoms with van der Waals surface area (Å²) < 4.78 is 14.4. The van der Waals surface area contributed by atoms with Crippen LogP contribution in [-0.2, 0) is 4.79 Å². The Balaban J connectivity index is 2.96. The van der Waals surface area contributed by atoms with Crippen molar-refractivity contribution in [3.8, 4) is 0 Å². The van der Waals surface area contributed by atoms with E-state index >= 15 is 0 Å². The van der Waals surface area contributed by atoms with Crippen LogP contribution in [0.2, 0.25) is 0 Å². The predicted octanol–water partition coefficient (Wildman–Crippen LogP) is 6.01. The lowest BCUT2D eigenvalue weighted by molar-refractivity contribution is -0.104. The van der Waals surface area contributed by atoms with Crippen molar-refractivity contribution in [3.05, 3.63) is 58.5 Å². The molecule has 0 heterocycles. The molecule has 120 valence electrons. The largest absolute Gasteiger partial charge is 0.299 e. The molecule has 22 heavy (non-hydrogen) atoms. The Kier molecular flexibility index (Phi) is 6.73. The molecular weight excluding hydrogens is 275 g/mol. The second kappa shape index (κ2) is 8.07. The maximum atomic E-state index is 14.4. The highest BCUT2D eigenvalue weighted by Gasteiger charge is 2.27. The molecule has 0 saturated carbocycles. The maximum Gasteiger partial charge on any atom is 0.143 e. The van der Waals surface area contributed by atoms with Crippen LogP contribution in [0.4, 0.5) is 4.39 Å². The SMILES string of the molecule is CC1=C(/C=C(F)/C(C)=C/C=C/C(C)=C\C=O)C(C)(C)CCC1. The minimum atomic E-state index is -0.189. The standard InChI is InChI=1S/C20H27FO/c1-15(11-13-22)8-6-9-17(3)19(21)14-18-16(2)10-7-12-20(18,4)5/h6,8-9,11,13-14H,7,10,12H2,1-5H3/b8-6+,15-11-,17-9+,19-14-. The van der Waals surface area contributed by atoms with Crippen LogP contribution in [0.15, 0.2) is 58.5 Å². The van der Waals surface area contributed by atoms with E-state index in [9.17, 15) is 9.18 Å². The molecule has 0 spiro atoms. The van der Waals surface area contributed by atoms with E-state index < -0.39 is 0 Å². The fourth-order valence-electron chi connectivity index (χ4n) is 2.79. The molecule has 1 nitrogen and oxygen atoms in total. The summed E-state index contributed by atoms with van der Waals surface area (Å²) in [7, 11) is 0. The summed E-state index contributed by atoms with van der Waals surface area (Å²) in [5.74, 6) is -0.189. The summed E-state index contributed by atoms with van der Waals surface area (Å²) in [6.07, 6.45) is 12.6. The number of hydrogen-bond acceptors (Lipinski definition) is 1. The molecule has 0 N–H and O–H groups in total. The molecule has 0 aliphatic heterocycles. The minimum Gasteiger partial charge on any atom is -0.299 e. The highest BCUT2D eigenvalue weighted by atomic mass is 19.1. The van der Waals surface area contributed by atoms with Crippen LogP contribution in [0.3, 0.4) is 0 Å². The van der Waals surface area contributed by atoms with Gasteiger partial charge in [-0.15, -0.1) is 0 Å². The Hall–Kier alpha value is -1.70. The fourth-order valence-corrected chi connectivity index (χ4v) is 2.79. The highest BCUT2D eigenvalue weighted by Crippen LogP contribution is 2.41. The smallest absolute Gasteiger partial charge is 0.143 e. The van der Waals surface area contributed by atoms with Gasteiger partial charge in [0.05, 0.1) is 0 Å². The van der Waals surface area contributed by atoms with E-state index in [1.165, 1.54) is 18.1 Å². The van der Waals surface area contributed by atoms with Gasteiger partial charge in [-0.1, -0.05) is 37.6 Å². The zero-order valence-electron chi connectivity index (χ0n) is 14.4. The van der Waals surface area contributed by atoms with Crippen molar-refractivity contribution in [1.82, 2.24) is 0 Å². The predicted molar refractivity (Wildman–Crippen MR) is 92.2 cm³/mol. The summed E-state index contributed by atoms with van der Waals surface area (Å²) in [4.78, 5) is 10.3. The van der Waals surface area contributed by atoms with Crippen molar-refractivity contribution >= 4 is 6.29 Å².